The molecule has 30 heavy (non-hydrogen) atoms. The fourth-order valence-electron chi connectivity index (χ4n) is 2.69. The maximum atomic E-state index is 14.1. The first-order valence-electron chi connectivity index (χ1n) is 8.92. The van der Waals surface area contributed by atoms with Gasteiger partial charge < -0.3 is 4.90 Å². The molecule has 0 fully saturated rings. The van der Waals surface area contributed by atoms with Gasteiger partial charge in [0.1, 0.15) is 11.3 Å². The number of rotatable bonds is 8. The van der Waals surface area contributed by atoms with Gasteiger partial charge in [-0.2, -0.15) is 0 Å². The zero-order valence-electron chi connectivity index (χ0n) is 16.4. The number of benzene rings is 2. The van der Waals surface area contributed by atoms with Crippen LogP contribution in [0.25, 0.3) is 10.2 Å². The van der Waals surface area contributed by atoms with Crippen molar-refractivity contribution in [2.24, 2.45) is 0 Å². The summed E-state index contributed by atoms with van der Waals surface area (Å²) in [7, 11) is 3.91. The summed E-state index contributed by atoms with van der Waals surface area (Å²) >= 11 is 8.41. The van der Waals surface area contributed by atoms with Gasteiger partial charge in [0.25, 0.3) is 0 Å². The molecule has 3 rings (SSSR count). The van der Waals surface area contributed by atoms with Crippen molar-refractivity contribution in [3.63, 3.8) is 0 Å². The smallest absolute Gasteiger partial charge is 0.239 e. The SMILES string of the molecule is CN(C)CCCN(C(=O)CSc1ccc(Cl)cc1)c1nc2c(F)cc(F)cc2s1.Cl. The average molecular weight is 492 g/mol. The average Bonchev–Trinajstić information content (AvgIpc) is 3.08. The van der Waals surface area contributed by atoms with Gasteiger partial charge in [0.2, 0.25) is 5.91 Å². The van der Waals surface area contributed by atoms with E-state index in [4.69, 9.17) is 11.6 Å². The first-order chi connectivity index (χ1) is 13.8. The summed E-state index contributed by atoms with van der Waals surface area (Å²) in [5, 5.41) is 1.01. The molecular formula is C20H21Cl2F2N3OS2. The molecule has 3 aromatic rings. The zero-order valence-corrected chi connectivity index (χ0v) is 19.6. The number of halogens is 4. The highest BCUT2D eigenvalue weighted by molar-refractivity contribution is 8.00. The number of thiazole rings is 1. The number of amides is 1. The third kappa shape index (κ3) is 6.52. The Morgan fingerprint density at radius 2 is 1.87 bits per heavy atom. The minimum Gasteiger partial charge on any atom is -0.309 e. The molecule has 10 heteroatoms. The summed E-state index contributed by atoms with van der Waals surface area (Å²) in [4.78, 5) is 21.7. The normalized spacial score (nSPS) is 11.0. The Balaban J connectivity index is 0.00000320. The predicted octanol–water partition coefficient (Wildman–Crippen LogP) is 5.73. The number of thioether (sulfide) groups is 1. The molecule has 0 N–H and O–H groups in total. The number of hydrogen-bond donors (Lipinski definition) is 0. The summed E-state index contributed by atoms with van der Waals surface area (Å²) < 4.78 is 28.0. The summed E-state index contributed by atoms with van der Waals surface area (Å²) in [5.41, 5.74) is 0.0853. The van der Waals surface area contributed by atoms with E-state index in [0.717, 1.165) is 35.3 Å². The van der Waals surface area contributed by atoms with Gasteiger partial charge in [0, 0.05) is 22.5 Å². The number of nitrogens with zero attached hydrogens (tertiary/aromatic N) is 3. The third-order valence-electron chi connectivity index (χ3n) is 4.10. The molecule has 0 saturated heterocycles. The first kappa shape index (κ1) is 24.8. The molecule has 0 aliphatic rings. The van der Waals surface area contributed by atoms with E-state index in [1.165, 1.54) is 17.8 Å². The number of aromatic nitrogens is 1. The Labute approximate surface area is 193 Å². The van der Waals surface area contributed by atoms with Crippen molar-refractivity contribution in [2.45, 2.75) is 11.3 Å². The number of hydrogen-bond acceptors (Lipinski definition) is 5. The molecule has 0 bridgehead atoms. The third-order valence-corrected chi connectivity index (χ3v) is 6.37. The number of carbonyl (C=O) groups is 1. The van der Waals surface area contributed by atoms with E-state index < -0.39 is 11.6 Å². The molecule has 0 atom stereocenters. The molecule has 0 saturated carbocycles. The molecule has 0 unspecified atom stereocenters. The maximum absolute atomic E-state index is 14.1. The van der Waals surface area contributed by atoms with Gasteiger partial charge in [-0.25, -0.2) is 13.8 Å². The molecule has 1 aromatic heterocycles. The highest BCUT2D eigenvalue weighted by atomic mass is 35.5. The zero-order chi connectivity index (χ0) is 21.0. The lowest BCUT2D eigenvalue weighted by Crippen LogP contribution is -2.34. The summed E-state index contributed by atoms with van der Waals surface area (Å²) in [6, 6.07) is 9.30. The Morgan fingerprint density at radius 1 is 1.17 bits per heavy atom. The van der Waals surface area contributed by atoms with Gasteiger partial charge >= 0.3 is 0 Å². The van der Waals surface area contributed by atoms with Crippen molar-refractivity contribution in [1.29, 1.82) is 0 Å². The molecule has 1 heterocycles. The van der Waals surface area contributed by atoms with Crippen LogP contribution in [-0.4, -0.2) is 48.7 Å². The molecule has 0 spiro atoms. The molecule has 0 aliphatic carbocycles. The molecule has 0 radical (unpaired) electrons. The number of carbonyl (C=O) groups excluding carboxylic acids is 1. The van der Waals surface area contributed by atoms with E-state index in [0.29, 0.717) is 21.4 Å². The van der Waals surface area contributed by atoms with Crippen molar-refractivity contribution < 1.29 is 13.6 Å². The van der Waals surface area contributed by atoms with Gasteiger partial charge in [-0.05, 0) is 57.4 Å². The fourth-order valence-corrected chi connectivity index (χ4v) is 4.64. The lowest BCUT2D eigenvalue weighted by Gasteiger charge is -2.21. The van der Waals surface area contributed by atoms with Crippen LogP contribution >= 0.6 is 47.1 Å². The van der Waals surface area contributed by atoms with Crippen LogP contribution in [0.1, 0.15) is 6.42 Å². The van der Waals surface area contributed by atoms with Crippen LogP contribution in [0, 0.1) is 11.6 Å². The van der Waals surface area contributed by atoms with Gasteiger partial charge in [-0.15, -0.1) is 24.2 Å². The molecule has 4 nitrogen and oxygen atoms in total. The van der Waals surface area contributed by atoms with Crippen molar-refractivity contribution in [3.8, 4) is 0 Å². The van der Waals surface area contributed by atoms with Crippen LogP contribution in [0.4, 0.5) is 13.9 Å². The van der Waals surface area contributed by atoms with Gasteiger partial charge in [0.15, 0.2) is 10.9 Å². The largest absolute Gasteiger partial charge is 0.309 e. The van der Waals surface area contributed by atoms with E-state index in [1.54, 1.807) is 17.0 Å². The monoisotopic (exact) mass is 491 g/mol. The van der Waals surface area contributed by atoms with E-state index in [9.17, 15) is 13.6 Å². The van der Waals surface area contributed by atoms with Crippen LogP contribution < -0.4 is 4.90 Å². The van der Waals surface area contributed by atoms with Gasteiger partial charge in [-0.3, -0.25) is 9.69 Å². The van der Waals surface area contributed by atoms with E-state index in [2.05, 4.69) is 4.98 Å². The van der Waals surface area contributed by atoms with E-state index in [1.807, 2.05) is 31.1 Å². The second-order valence-corrected chi connectivity index (χ2v) is 9.17. The predicted molar refractivity (Wildman–Crippen MR) is 124 cm³/mol. The highest BCUT2D eigenvalue weighted by Gasteiger charge is 2.21. The minimum atomic E-state index is -0.723. The second-order valence-electron chi connectivity index (χ2n) is 6.68. The summed E-state index contributed by atoms with van der Waals surface area (Å²) in [6.45, 7) is 1.24. The molecule has 162 valence electrons. The van der Waals surface area contributed by atoms with Crippen LogP contribution in [0.5, 0.6) is 0 Å². The second kappa shape index (κ2) is 11.2. The van der Waals surface area contributed by atoms with Crippen molar-refractivity contribution in [3.05, 3.63) is 53.1 Å². The van der Waals surface area contributed by atoms with Crippen molar-refractivity contribution in [2.75, 3.05) is 37.8 Å². The van der Waals surface area contributed by atoms with Crippen LogP contribution in [-0.2, 0) is 4.79 Å². The molecular weight excluding hydrogens is 471 g/mol. The fraction of sp³-hybridized carbons (Fsp3) is 0.300. The van der Waals surface area contributed by atoms with Crippen LogP contribution in [0.15, 0.2) is 41.3 Å². The molecule has 0 aliphatic heterocycles. The molecule has 2 aromatic carbocycles. The Hall–Kier alpha value is -1.45. The Morgan fingerprint density at radius 3 is 2.53 bits per heavy atom. The highest BCUT2D eigenvalue weighted by Crippen LogP contribution is 2.32. The van der Waals surface area contributed by atoms with Gasteiger partial charge in [0.05, 0.1) is 10.5 Å². The van der Waals surface area contributed by atoms with Gasteiger partial charge in [-0.1, -0.05) is 22.9 Å². The van der Waals surface area contributed by atoms with Crippen LogP contribution in [0.2, 0.25) is 5.02 Å². The minimum absolute atomic E-state index is 0. The Kier molecular flexibility index (Phi) is 9.31. The number of fused-ring (bicyclic) bond motifs is 1. The topological polar surface area (TPSA) is 36.4 Å². The van der Waals surface area contributed by atoms with E-state index in [-0.39, 0.29) is 29.6 Å². The summed E-state index contributed by atoms with van der Waals surface area (Å²) in [6.07, 6.45) is 0.733. The Bertz CT molecular complexity index is 1000. The lowest BCUT2D eigenvalue weighted by molar-refractivity contribution is -0.116. The lowest BCUT2D eigenvalue weighted by atomic mass is 10.3. The molecule has 1 amide bonds. The quantitative estimate of drug-likeness (QED) is 0.377. The van der Waals surface area contributed by atoms with Crippen molar-refractivity contribution in [1.82, 2.24) is 9.88 Å². The standard InChI is InChI=1S/C20H20ClF2N3OS2.ClH/c1-25(2)8-3-9-26(18(27)12-28-15-6-4-13(21)5-7-15)20-24-19-16(23)10-14(22)11-17(19)29-20;/h4-7,10-11H,3,8-9,12H2,1-2H3;1H. The number of anilines is 1. The summed E-state index contributed by atoms with van der Waals surface area (Å²) in [5.74, 6) is -1.31. The maximum Gasteiger partial charge on any atom is 0.239 e. The van der Waals surface area contributed by atoms with E-state index >= 15 is 0 Å². The first-order valence-corrected chi connectivity index (χ1v) is 11.1. The van der Waals surface area contributed by atoms with Crippen LogP contribution in [0.3, 0.4) is 0 Å². The van der Waals surface area contributed by atoms with Crippen molar-refractivity contribution >= 4 is 68.4 Å².